The summed E-state index contributed by atoms with van der Waals surface area (Å²) in [6.07, 6.45) is 1.86. The molecule has 4 nitrogen and oxygen atoms in total. The van der Waals surface area contributed by atoms with E-state index in [1.54, 1.807) is 0 Å². The Morgan fingerprint density at radius 3 is 2.75 bits per heavy atom. The van der Waals surface area contributed by atoms with Crippen molar-refractivity contribution in [2.45, 2.75) is 38.3 Å². The van der Waals surface area contributed by atoms with Gasteiger partial charge in [0.2, 0.25) is 0 Å². The molecule has 0 aromatic rings. The SMILES string of the molecule is CC1(C)CNCCN1C1CCCS(=O)(=O)C1. The molecule has 0 aromatic carbocycles. The Bertz CT molecular complexity index is 351. The fourth-order valence-electron chi connectivity index (χ4n) is 2.92. The van der Waals surface area contributed by atoms with Crippen molar-refractivity contribution in [2.75, 3.05) is 31.1 Å². The Morgan fingerprint density at radius 2 is 2.12 bits per heavy atom. The van der Waals surface area contributed by atoms with Crippen molar-refractivity contribution < 1.29 is 8.42 Å². The fourth-order valence-corrected chi connectivity index (χ4v) is 4.63. The maximum absolute atomic E-state index is 11.7. The number of piperazine rings is 1. The zero-order valence-electron chi connectivity index (χ0n) is 10.2. The lowest BCUT2D eigenvalue weighted by Gasteiger charge is -2.48. The summed E-state index contributed by atoms with van der Waals surface area (Å²) in [5.41, 5.74) is 0.0791. The second-order valence-corrected chi connectivity index (χ2v) is 7.82. The van der Waals surface area contributed by atoms with Crippen LogP contribution in [0.3, 0.4) is 0 Å². The highest BCUT2D eigenvalue weighted by Gasteiger charge is 2.38. The predicted octanol–water partition coefficient (Wildman–Crippen LogP) is 0.247. The number of hydrogen-bond donors (Lipinski definition) is 1. The summed E-state index contributed by atoms with van der Waals surface area (Å²) in [4.78, 5) is 2.39. The normalized spacial score (nSPS) is 34.8. The molecule has 0 spiro atoms. The van der Waals surface area contributed by atoms with E-state index in [1.165, 1.54) is 0 Å². The average molecular weight is 246 g/mol. The Hall–Kier alpha value is -0.130. The van der Waals surface area contributed by atoms with E-state index in [0.29, 0.717) is 11.5 Å². The number of rotatable bonds is 1. The van der Waals surface area contributed by atoms with E-state index >= 15 is 0 Å². The van der Waals surface area contributed by atoms with Crippen LogP contribution < -0.4 is 5.32 Å². The molecular weight excluding hydrogens is 224 g/mol. The maximum atomic E-state index is 11.7. The fraction of sp³-hybridized carbons (Fsp3) is 1.00. The maximum Gasteiger partial charge on any atom is 0.151 e. The van der Waals surface area contributed by atoms with Crippen LogP contribution in [0.1, 0.15) is 26.7 Å². The van der Waals surface area contributed by atoms with E-state index in [1.807, 2.05) is 0 Å². The van der Waals surface area contributed by atoms with Crippen LogP contribution in [-0.2, 0) is 9.84 Å². The second-order valence-electron chi connectivity index (χ2n) is 5.59. The minimum absolute atomic E-state index is 0.0791. The van der Waals surface area contributed by atoms with Gasteiger partial charge in [0.25, 0.3) is 0 Å². The van der Waals surface area contributed by atoms with E-state index in [0.717, 1.165) is 32.5 Å². The Morgan fingerprint density at radius 1 is 1.38 bits per heavy atom. The molecule has 2 heterocycles. The lowest BCUT2D eigenvalue weighted by Crippen LogP contribution is -2.62. The third-order valence-electron chi connectivity index (χ3n) is 3.74. The molecule has 16 heavy (non-hydrogen) atoms. The molecule has 0 saturated carbocycles. The van der Waals surface area contributed by atoms with Gasteiger partial charge in [-0.15, -0.1) is 0 Å². The minimum Gasteiger partial charge on any atom is -0.314 e. The van der Waals surface area contributed by atoms with Crippen LogP contribution in [0.25, 0.3) is 0 Å². The first-order chi connectivity index (χ1) is 7.41. The summed E-state index contributed by atoms with van der Waals surface area (Å²) in [5, 5.41) is 3.37. The molecule has 0 amide bonds. The Labute approximate surface area is 98.3 Å². The average Bonchev–Trinajstić information content (AvgIpc) is 2.15. The lowest BCUT2D eigenvalue weighted by molar-refractivity contribution is 0.0483. The summed E-state index contributed by atoms with van der Waals surface area (Å²) in [5.74, 6) is 0.743. The summed E-state index contributed by atoms with van der Waals surface area (Å²) < 4.78 is 23.3. The van der Waals surface area contributed by atoms with Gasteiger partial charge >= 0.3 is 0 Å². The molecule has 0 aromatic heterocycles. The Balaban J connectivity index is 2.11. The van der Waals surface area contributed by atoms with Gasteiger partial charge in [0, 0.05) is 31.2 Å². The molecule has 2 saturated heterocycles. The van der Waals surface area contributed by atoms with Crippen molar-refractivity contribution in [3.63, 3.8) is 0 Å². The topological polar surface area (TPSA) is 49.4 Å². The van der Waals surface area contributed by atoms with Crippen LogP contribution in [0, 0.1) is 0 Å². The van der Waals surface area contributed by atoms with Crippen molar-refractivity contribution in [1.82, 2.24) is 10.2 Å². The van der Waals surface area contributed by atoms with E-state index in [2.05, 4.69) is 24.1 Å². The van der Waals surface area contributed by atoms with Crippen LogP contribution in [0.4, 0.5) is 0 Å². The predicted molar refractivity (Wildman–Crippen MR) is 65.3 cm³/mol. The van der Waals surface area contributed by atoms with Crippen LogP contribution >= 0.6 is 0 Å². The third-order valence-corrected chi connectivity index (χ3v) is 5.55. The molecule has 2 rings (SSSR count). The molecule has 1 atom stereocenters. The van der Waals surface area contributed by atoms with E-state index in [4.69, 9.17) is 0 Å². The van der Waals surface area contributed by atoms with Crippen LogP contribution in [0.2, 0.25) is 0 Å². The summed E-state index contributed by atoms with van der Waals surface area (Å²) in [6, 6.07) is 0.232. The zero-order valence-corrected chi connectivity index (χ0v) is 11.0. The van der Waals surface area contributed by atoms with Gasteiger partial charge < -0.3 is 5.32 Å². The third kappa shape index (κ3) is 2.57. The first kappa shape index (κ1) is 12.3. The van der Waals surface area contributed by atoms with E-state index < -0.39 is 9.84 Å². The van der Waals surface area contributed by atoms with Crippen LogP contribution in [-0.4, -0.2) is 56.0 Å². The molecule has 1 N–H and O–H groups in total. The quantitative estimate of drug-likeness (QED) is 0.720. The summed E-state index contributed by atoms with van der Waals surface area (Å²) in [7, 11) is -2.79. The lowest BCUT2D eigenvalue weighted by atomic mass is 9.96. The number of nitrogens with zero attached hydrogens (tertiary/aromatic N) is 1. The van der Waals surface area contributed by atoms with Crippen molar-refractivity contribution in [1.29, 1.82) is 0 Å². The summed E-state index contributed by atoms with van der Waals surface area (Å²) in [6.45, 7) is 7.28. The molecule has 94 valence electrons. The molecule has 5 heteroatoms. The smallest absolute Gasteiger partial charge is 0.151 e. The molecule has 2 aliphatic heterocycles. The first-order valence-electron chi connectivity index (χ1n) is 6.09. The molecule has 2 aliphatic rings. The van der Waals surface area contributed by atoms with Gasteiger partial charge in [-0.2, -0.15) is 0 Å². The van der Waals surface area contributed by atoms with Crippen LogP contribution in [0.5, 0.6) is 0 Å². The first-order valence-corrected chi connectivity index (χ1v) is 7.91. The van der Waals surface area contributed by atoms with Gasteiger partial charge in [-0.25, -0.2) is 8.42 Å². The second kappa shape index (κ2) is 4.27. The number of nitrogens with one attached hydrogen (secondary N) is 1. The van der Waals surface area contributed by atoms with Gasteiger partial charge in [-0.3, -0.25) is 4.90 Å². The number of sulfone groups is 1. The molecule has 2 fully saturated rings. The monoisotopic (exact) mass is 246 g/mol. The van der Waals surface area contributed by atoms with Crippen molar-refractivity contribution in [3.8, 4) is 0 Å². The van der Waals surface area contributed by atoms with Crippen LogP contribution in [0.15, 0.2) is 0 Å². The highest BCUT2D eigenvalue weighted by molar-refractivity contribution is 7.91. The zero-order chi connectivity index (χ0) is 11.8. The number of hydrogen-bond acceptors (Lipinski definition) is 4. The highest BCUT2D eigenvalue weighted by atomic mass is 32.2. The highest BCUT2D eigenvalue weighted by Crippen LogP contribution is 2.25. The van der Waals surface area contributed by atoms with Gasteiger partial charge in [-0.1, -0.05) is 0 Å². The van der Waals surface area contributed by atoms with Gasteiger partial charge in [0.1, 0.15) is 0 Å². The molecule has 0 bridgehead atoms. The molecule has 1 unspecified atom stereocenters. The van der Waals surface area contributed by atoms with E-state index in [9.17, 15) is 8.42 Å². The minimum atomic E-state index is -2.79. The summed E-state index contributed by atoms with van der Waals surface area (Å²) >= 11 is 0. The molecular formula is C11H22N2O2S. The van der Waals surface area contributed by atoms with Gasteiger partial charge in [-0.05, 0) is 26.7 Å². The van der Waals surface area contributed by atoms with Gasteiger partial charge in [0.15, 0.2) is 9.84 Å². The van der Waals surface area contributed by atoms with Crippen molar-refractivity contribution in [2.24, 2.45) is 0 Å². The molecule has 0 radical (unpaired) electrons. The largest absolute Gasteiger partial charge is 0.314 e. The van der Waals surface area contributed by atoms with Crippen molar-refractivity contribution in [3.05, 3.63) is 0 Å². The Kier molecular flexibility index (Phi) is 3.29. The van der Waals surface area contributed by atoms with Gasteiger partial charge in [0.05, 0.1) is 11.5 Å². The molecule has 0 aliphatic carbocycles. The van der Waals surface area contributed by atoms with E-state index in [-0.39, 0.29) is 11.6 Å². The van der Waals surface area contributed by atoms with Crippen molar-refractivity contribution >= 4 is 9.84 Å². The standard InChI is InChI=1S/C11H22N2O2S/c1-11(2)9-12-5-6-13(11)10-4-3-7-16(14,15)8-10/h10,12H,3-9H2,1-2H3.